The summed E-state index contributed by atoms with van der Waals surface area (Å²) < 4.78 is 13.6. The van der Waals surface area contributed by atoms with Crippen molar-refractivity contribution >= 4 is 11.5 Å². The lowest BCUT2D eigenvalue weighted by Crippen LogP contribution is -2.65. The summed E-state index contributed by atoms with van der Waals surface area (Å²) in [5.74, 6) is 2.13. The van der Waals surface area contributed by atoms with Gasteiger partial charge in [-0.15, -0.1) is 5.10 Å². The number of hydrogen-bond donors (Lipinski definition) is 0. The number of fused-ring (bicyclic) bond motifs is 1. The molecule has 3 aliphatic heterocycles. The molecule has 1 spiro atoms. The summed E-state index contributed by atoms with van der Waals surface area (Å²) in [6.07, 6.45) is 1.04. The highest BCUT2D eigenvalue weighted by molar-refractivity contribution is 5.63. The van der Waals surface area contributed by atoms with E-state index in [1.54, 1.807) is 4.52 Å². The summed E-state index contributed by atoms with van der Waals surface area (Å²) in [5, 5.41) is 13.4. The van der Waals surface area contributed by atoms with Crippen molar-refractivity contribution in [3.8, 4) is 17.0 Å². The molecule has 0 N–H and O–H groups in total. The van der Waals surface area contributed by atoms with Gasteiger partial charge in [0.25, 0.3) is 5.78 Å². The van der Waals surface area contributed by atoms with Crippen LogP contribution in [0.4, 0.5) is 5.69 Å². The van der Waals surface area contributed by atoms with Crippen LogP contribution in [0.5, 0.6) is 5.75 Å². The van der Waals surface area contributed by atoms with Crippen LogP contribution in [-0.4, -0.2) is 80.2 Å². The first kappa shape index (κ1) is 23.5. The van der Waals surface area contributed by atoms with E-state index in [1.807, 2.05) is 20.8 Å². The third-order valence-corrected chi connectivity index (χ3v) is 7.94. The summed E-state index contributed by atoms with van der Waals surface area (Å²) in [7, 11) is 0. The van der Waals surface area contributed by atoms with Gasteiger partial charge in [-0.3, -0.25) is 4.90 Å². The number of ether oxygens (including phenoxy) is 2. The molecular formula is C28H32N8O2. The van der Waals surface area contributed by atoms with Crippen molar-refractivity contribution in [2.45, 2.75) is 39.8 Å². The third-order valence-electron chi connectivity index (χ3n) is 7.94. The van der Waals surface area contributed by atoms with E-state index in [9.17, 15) is 0 Å². The van der Waals surface area contributed by atoms with Crippen LogP contribution in [0.1, 0.15) is 29.3 Å². The molecule has 38 heavy (non-hydrogen) atoms. The van der Waals surface area contributed by atoms with Gasteiger partial charge in [0.15, 0.2) is 5.75 Å². The number of aromatic nitrogens is 6. The maximum atomic E-state index is 6.45. The van der Waals surface area contributed by atoms with E-state index in [0.717, 1.165) is 86.4 Å². The Bertz CT molecular complexity index is 1470. The predicted molar refractivity (Wildman–Crippen MR) is 142 cm³/mol. The Balaban J connectivity index is 0.975. The molecule has 6 heterocycles. The molecule has 1 aromatic carbocycles. The Labute approximate surface area is 221 Å². The maximum absolute atomic E-state index is 6.45. The SMILES string of the molecule is Cc1nc2nc(C)c(O[C@@H]3CCN(c4ccc(-c5ccc(CN6CC7(COC7)C6)nn5)cc4)C3)c(C)n2n1. The van der Waals surface area contributed by atoms with E-state index in [4.69, 9.17) is 9.47 Å². The lowest BCUT2D eigenvalue weighted by atomic mass is 9.78. The van der Waals surface area contributed by atoms with Gasteiger partial charge in [0.1, 0.15) is 11.9 Å². The maximum Gasteiger partial charge on any atom is 0.253 e. The van der Waals surface area contributed by atoms with Gasteiger partial charge in [-0.05, 0) is 45.0 Å². The second-order valence-electron chi connectivity index (χ2n) is 11.1. The summed E-state index contributed by atoms with van der Waals surface area (Å²) in [4.78, 5) is 13.8. The first-order chi connectivity index (χ1) is 18.4. The first-order valence-corrected chi connectivity index (χ1v) is 13.3. The zero-order chi connectivity index (χ0) is 25.9. The lowest BCUT2D eigenvalue weighted by Gasteiger charge is -2.55. The number of benzene rings is 1. The highest BCUT2D eigenvalue weighted by Crippen LogP contribution is 2.38. The van der Waals surface area contributed by atoms with Crippen LogP contribution in [0.2, 0.25) is 0 Å². The van der Waals surface area contributed by atoms with E-state index in [0.29, 0.717) is 17.0 Å². The van der Waals surface area contributed by atoms with Gasteiger partial charge in [-0.2, -0.15) is 19.7 Å². The number of hydrogen-bond acceptors (Lipinski definition) is 9. The Kier molecular flexibility index (Phi) is 5.55. The molecule has 7 rings (SSSR count). The number of aryl methyl sites for hydroxylation is 3. The monoisotopic (exact) mass is 512 g/mol. The van der Waals surface area contributed by atoms with E-state index in [-0.39, 0.29) is 6.10 Å². The van der Waals surface area contributed by atoms with Crippen molar-refractivity contribution in [2.24, 2.45) is 5.41 Å². The largest absolute Gasteiger partial charge is 0.485 e. The molecule has 0 amide bonds. The van der Waals surface area contributed by atoms with Gasteiger partial charge >= 0.3 is 0 Å². The minimum atomic E-state index is 0.0902. The minimum absolute atomic E-state index is 0.0902. The van der Waals surface area contributed by atoms with Gasteiger partial charge in [-0.1, -0.05) is 12.1 Å². The molecule has 196 valence electrons. The fraction of sp³-hybridized carbons (Fsp3) is 0.464. The van der Waals surface area contributed by atoms with Gasteiger partial charge in [0.05, 0.1) is 42.5 Å². The average Bonchev–Trinajstić information content (AvgIpc) is 3.49. The highest BCUT2D eigenvalue weighted by atomic mass is 16.5. The average molecular weight is 513 g/mol. The zero-order valence-electron chi connectivity index (χ0n) is 22.1. The van der Waals surface area contributed by atoms with Crippen molar-refractivity contribution in [1.29, 1.82) is 0 Å². The predicted octanol–water partition coefficient (Wildman–Crippen LogP) is 3.00. The van der Waals surface area contributed by atoms with Crippen LogP contribution >= 0.6 is 0 Å². The molecule has 0 radical (unpaired) electrons. The fourth-order valence-electron chi connectivity index (χ4n) is 5.91. The molecule has 3 fully saturated rings. The van der Waals surface area contributed by atoms with Crippen molar-refractivity contribution < 1.29 is 9.47 Å². The van der Waals surface area contributed by atoms with Gasteiger partial charge in [0.2, 0.25) is 0 Å². The van der Waals surface area contributed by atoms with Gasteiger partial charge in [-0.25, -0.2) is 4.98 Å². The lowest BCUT2D eigenvalue weighted by molar-refractivity contribution is -0.191. The van der Waals surface area contributed by atoms with E-state index < -0.39 is 0 Å². The normalized spacial score (nSPS) is 20.6. The van der Waals surface area contributed by atoms with E-state index in [2.05, 4.69) is 71.5 Å². The fourth-order valence-corrected chi connectivity index (χ4v) is 5.91. The topological polar surface area (TPSA) is 93.8 Å². The Morgan fingerprint density at radius 1 is 1.00 bits per heavy atom. The Morgan fingerprint density at radius 2 is 1.82 bits per heavy atom. The van der Waals surface area contributed by atoms with E-state index >= 15 is 0 Å². The summed E-state index contributed by atoms with van der Waals surface area (Å²) in [6.45, 7) is 12.5. The van der Waals surface area contributed by atoms with Crippen LogP contribution in [0.25, 0.3) is 17.0 Å². The first-order valence-electron chi connectivity index (χ1n) is 13.3. The van der Waals surface area contributed by atoms with Crippen molar-refractivity contribution in [3.63, 3.8) is 0 Å². The van der Waals surface area contributed by atoms with Gasteiger partial charge in [0, 0.05) is 49.3 Å². The smallest absolute Gasteiger partial charge is 0.253 e. The Hall–Kier alpha value is -3.63. The number of likely N-dealkylation sites (tertiary alicyclic amines) is 1. The minimum Gasteiger partial charge on any atom is -0.485 e. The molecule has 10 nitrogen and oxygen atoms in total. The summed E-state index contributed by atoms with van der Waals surface area (Å²) >= 11 is 0. The molecular weight excluding hydrogens is 480 g/mol. The quantitative estimate of drug-likeness (QED) is 0.386. The number of anilines is 1. The molecule has 0 aliphatic carbocycles. The zero-order valence-corrected chi connectivity index (χ0v) is 22.1. The van der Waals surface area contributed by atoms with Crippen LogP contribution in [0.3, 0.4) is 0 Å². The molecule has 0 saturated carbocycles. The third kappa shape index (κ3) is 4.17. The van der Waals surface area contributed by atoms with Crippen molar-refractivity contribution in [2.75, 3.05) is 44.3 Å². The van der Waals surface area contributed by atoms with Crippen LogP contribution in [0.15, 0.2) is 36.4 Å². The number of rotatable bonds is 6. The molecule has 4 aromatic rings. The van der Waals surface area contributed by atoms with Crippen LogP contribution in [0, 0.1) is 26.2 Å². The molecule has 3 aliphatic rings. The molecule has 3 aromatic heterocycles. The second-order valence-corrected chi connectivity index (χ2v) is 11.1. The standard InChI is InChI=1S/C28H32N8O2/c1-18-26(19(2)36-27(29-18)30-20(3)33-36)38-24-10-11-35(13-24)23-7-4-21(5-8-23)25-9-6-22(31-32-25)12-34-14-28(15-34)16-37-17-28/h4-9,24H,10-17H2,1-3H3/t24-/m1/s1. The molecule has 0 bridgehead atoms. The molecule has 3 saturated heterocycles. The van der Waals surface area contributed by atoms with Crippen molar-refractivity contribution in [3.05, 3.63) is 59.3 Å². The second kappa shape index (κ2) is 8.99. The van der Waals surface area contributed by atoms with Crippen LogP contribution < -0.4 is 9.64 Å². The van der Waals surface area contributed by atoms with Crippen molar-refractivity contribution in [1.82, 2.24) is 34.7 Å². The van der Waals surface area contributed by atoms with E-state index in [1.165, 1.54) is 5.69 Å². The summed E-state index contributed by atoms with van der Waals surface area (Å²) in [5.41, 5.74) is 6.38. The molecule has 1 atom stereocenters. The Morgan fingerprint density at radius 3 is 2.53 bits per heavy atom. The molecule has 10 heteroatoms. The van der Waals surface area contributed by atoms with Gasteiger partial charge < -0.3 is 14.4 Å². The van der Waals surface area contributed by atoms with Crippen LogP contribution in [-0.2, 0) is 11.3 Å². The molecule has 0 unspecified atom stereocenters. The summed E-state index contributed by atoms with van der Waals surface area (Å²) in [6, 6.07) is 12.7. The highest BCUT2D eigenvalue weighted by Gasteiger charge is 2.48. The number of nitrogens with zero attached hydrogens (tertiary/aromatic N) is 8.